The van der Waals surface area contributed by atoms with Crippen molar-refractivity contribution in [3.63, 3.8) is 0 Å². The number of benzene rings is 1. The number of rotatable bonds is 6. The summed E-state index contributed by atoms with van der Waals surface area (Å²) in [7, 11) is 1.60. The van der Waals surface area contributed by atoms with E-state index in [1.807, 2.05) is 30.0 Å². The molecule has 148 valence electrons. The third-order valence-electron chi connectivity index (χ3n) is 5.57. The number of amides is 2. The van der Waals surface area contributed by atoms with E-state index in [-0.39, 0.29) is 17.9 Å². The SMILES string of the molecule is COc1ccc(C)cc1NC(=O)CCN1CCC[C@H]1C(=O)N1CCCCC1. The van der Waals surface area contributed by atoms with Crippen LogP contribution in [0, 0.1) is 6.92 Å². The zero-order chi connectivity index (χ0) is 19.2. The molecular formula is C21H31N3O3. The van der Waals surface area contributed by atoms with E-state index in [1.54, 1.807) is 7.11 Å². The molecule has 2 amide bonds. The number of piperidine rings is 1. The van der Waals surface area contributed by atoms with Crippen LogP contribution in [-0.4, -0.2) is 60.9 Å². The van der Waals surface area contributed by atoms with Crippen molar-refractivity contribution >= 4 is 17.5 Å². The van der Waals surface area contributed by atoms with E-state index >= 15 is 0 Å². The standard InChI is InChI=1S/C21H31N3O3/c1-16-8-9-19(27-2)17(15-16)22-20(25)10-14-23-13-6-7-18(23)21(26)24-11-4-3-5-12-24/h8-9,15,18H,3-7,10-14H2,1-2H3,(H,22,25)/t18-/m0/s1. The second-order valence-electron chi connectivity index (χ2n) is 7.58. The lowest BCUT2D eigenvalue weighted by Crippen LogP contribution is -2.47. The molecule has 2 saturated heterocycles. The molecule has 0 bridgehead atoms. The van der Waals surface area contributed by atoms with E-state index in [4.69, 9.17) is 4.74 Å². The van der Waals surface area contributed by atoms with Crippen molar-refractivity contribution in [2.24, 2.45) is 0 Å². The monoisotopic (exact) mass is 373 g/mol. The molecule has 1 aromatic rings. The molecule has 6 heteroatoms. The Kier molecular flexibility index (Phi) is 6.72. The van der Waals surface area contributed by atoms with E-state index in [1.165, 1.54) is 6.42 Å². The van der Waals surface area contributed by atoms with Gasteiger partial charge < -0.3 is 15.0 Å². The van der Waals surface area contributed by atoms with E-state index in [0.29, 0.717) is 24.4 Å². The fourth-order valence-corrected chi connectivity index (χ4v) is 4.08. The molecule has 2 aliphatic rings. The quantitative estimate of drug-likeness (QED) is 0.833. The molecule has 6 nitrogen and oxygen atoms in total. The number of methoxy groups -OCH3 is 1. The smallest absolute Gasteiger partial charge is 0.239 e. The molecule has 1 N–H and O–H groups in total. The van der Waals surface area contributed by atoms with Gasteiger partial charge in [0.05, 0.1) is 18.8 Å². The number of hydrogen-bond donors (Lipinski definition) is 1. The molecule has 0 unspecified atom stereocenters. The Balaban J connectivity index is 1.53. The normalized spacial score (nSPS) is 20.5. The fraction of sp³-hybridized carbons (Fsp3) is 0.619. The summed E-state index contributed by atoms with van der Waals surface area (Å²) in [5, 5.41) is 2.95. The Labute approximate surface area is 161 Å². The van der Waals surface area contributed by atoms with Gasteiger partial charge in [0.25, 0.3) is 0 Å². The van der Waals surface area contributed by atoms with Crippen LogP contribution in [-0.2, 0) is 9.59 Å². The van der Waals surface area contributed by atoms with Gasteiger partial charge in [0.2, 0.25) is 11.8 Å². The van der Waals surface area contributed by atoms with Gasteiger partial charge in [-0.05, 0) is 63.3 Å². The third kappa shape index (κ3) is 5.01. The first-order valence-corrected chi connectivity index (χ1v) is 10.1. The van der Waals surface area contributed by atoms with E-state index < -0.39 is 0 Å². The highest BCUT2D eigenvalue weighted by molar-refractivity contribution is 5.92. The first-order valence-electron chi connectivity index (χ1n) is 10.1. The van der Waals surface area contributed by atoms with Crippen LogP contribution in [0.5, 0.6) is 5.75 Å². The van der Waals surface area contributed by atoms with Gasteiger partial charge >= 0.3 is 0 Å². The van der Waals surface area contributed by atoms with Gasteiger partial charge in [-0.3, -0.25) is 14.5 Å². The predicted molar refractivity (Wildman–Crippen MR) is 106 cm³/mol. The summed E-state index contributed by atoms with van der Waals surface area (Å²) in [5.41, 5.74) is 1.77. The van der Waals surface area contributed by atoms with Crippen LogP contribution in [0.25, 0.3) is 0 Å². The number of anilines is 1. The highest BCUT2D eigenvalue weighted by atomic mass is 16.5. The van der Waals surface area contributed by atoms with Crippen LogP contribution >= 0.6 is 0 Å². The number of nitrogens with zero attached hydrogens (tertiary/aromatic N) is 2. The molecule has 1 aromatic carbocycles. The fourth-order valence-electron chi connectivity index (χ4n) is 4.08. The van der Waals surface area contributed by atoms with Crippen LogP contribution in [0.2, 0.25) is 0 Å². The summed E-state index contributed by atoms with van der Waals surface area (Å²) in [5.74, 6) is 0.871. The largest absolute Gasteiger partial charge is 0.495 e. The maximum atomic E-state index is 12.8. The van der Waals surface area contributed by atoms with Crippen LogP contribution < -0.4 is 10.1 Å². The lowest BCUT2D eigenvalue weighted by Gasteiger charge is -2.32. The van der Waals surface area contributed by atoms with Gasteiger partial charge in [0.15, 0.2) is 0 Å². The Morgan fingerprint density at radius 2 is 1.93 bits per heavy atom. The average molecular weight is 373 g/mol. The topological polar surface area (TPSA) is 61.9 Å². The number of ether oxygens (including phenoxy) is 1. The minimum Gasteiger partial charge on any atom is -0.495 e. The number of carbonyl (C=O) groups excluding carboxylic acids is 2. The van der Waals surface area contributed by atoms with Crippen molar-refractivity contribution in [2.45, 2.75) is 51.5 Å². The second kappa shape index (κ2) is 9.22. The maximum Gasteiger partial charge on any atom is 0.239 e. The molecule has 2 heterocycles. The number of hydrogen-bond acceptors (Lipinski definition) is 4. The summed E-state index contributed by atoms with van der Waals surface area (Å²) >= 11 is 0. The second-order valence-corrected chi connectivity index (χ2v) is 7.58. The summed E-state index contributed by atoms with van der Waals surface area (Å²) < 4.78 is 5.32. The van der Waals surface area contributed by atoms with Crippen molar-refractivity contribution < 1.29 is 14.3 Å². The van der Waals surface area contributed by atoms with Crippen molar-refractivity contribution in [3.05, 3.63) is 23.8 Å². The highest BCUT2D eigenvalue weighted by Crippen LogP contribution is 2.26. The molecule has 2 fully saturated rings. The summed E-state index contributed by atoms with van der Waals surface area (Å²) in [6.07, 6.45) is 5.75. The van der Waals surface area contributed by atoms with Crippen LogP contribution in [0.3, 0.4) is 0 Å². The first-order chi connectivity index (χ1) is 13.1. The summed E-state index contributed by atoms with van der Waals surface area (Å²) in [6.45, 7) is 5.26. The zero-order valence-corrected chi connectivity index (χ0v) is 16.5. The number of carbonyl (C=O) groups is 2. The van der Waals surface area contributed by atoms with Gasteiger partial charge in [-0.15, -0.1) is 0 Å². The zero-order valence-electron chi connectivity index (χ0n) is 16.5. The van der Waals surface area contributed by atoms with Crippen molar-refractivity contribution in [2.75, 3.05) is 38.6 Å². The van der Waals surface area contributed by atoms with Gasteiger partial charge in [0.1, 0.15) is 5.75 Å². The number of aryl methyl sites for hydroxylation is 1. The lowest BCUT2D eigenvalue weighted by atomic mass is 10.1. The molecule has 0 aliphatic carbocycles. The molecule has 0 radical (unpaired) electrons. The Morgan fingerprint density at radius 1 is 1.15 bits per heavy atom. The molecular weight excluding hydrogens is 342 g/mol. The number of nitrogens with one attached hydrogen (secondary N) is 1. The van der Waals surface area contributed by atoms with Crippen LogP contribution in [0.1, 0.15) is 44.1 Å². The first kappa shape index (κ1) is 19.7. The summed E-state index contributed by atoms with van der Waals surface area (Å²) in [6, 6.07) is 5.67. The highest BCUT2D eigenvalue weighted by Gasteiger charge is 2.34. The molecule has 0 saturated carbocycles. The van der Waals surface area contributed by atoms with Crippen molar-refractivity contribution in [1.82, 2.24) is 9.80 Å². The maximum absolute atomic E-state index is 12.8. The Morgan fingerprint density at radius 3 is 2.67 bits per heavy atom. The van der Waals surface area contributed by atoms with Gasteiger partial charge in [-0.2, -0.15) is 0 Å². The average Bonchev–Trinajstić information content (AvgIpc) is 3.15. The molecule has 27 heavy (non-hydrogen) atoms. The summed E-state index contributed by atoms with van der Waals surface area (Å²) in [4.78, 5) is 29.5. The Bertz CT molecular complexity index is 671. The molecule has 0 spiro atoms. The van der Waals surface area contributed by atoms with Gasteiger partial charge in [-0.25, -0.2) is 0 Å². The van der Waals surface area contributed by atoms with Gasteiger partial charge in [0, 0.05) is 26.1 Å². The minimum absolute atomic E-state index is 0.0463. The minimum atomic E-state index is -0.0515. The van der Waals surface area contributed by atoms with Gasteiger partial charge in [-0.1, -0.05) is 6.07 Å². The van der Waals surface area contributed by atoms with E-state index in [0.717, 1.165) is 50.9 Å². The molecule has 3 rings (SSSR count). The lowest BCUT2D eigenvalue weighted by molar-refractivity contribution is -0.137. The van der Waals surface area contributed by atoms with Crippen LogP contribution in [0.4, 0.5) is 5.69 Å². The molecule has 1 atom stereocenters. The molecule has 2 aliphatic heterocycles. The Hall–Kier alpha value is -2.08. The third-order valence-corrected chi connectivity index (χ3v) is 5.57. The predicted octanol–water partition coefficient (Wildman–Crippen LogP) is 2.81. The van der Waals surface area contributed by atoms with Crippen molar-refractivity contribution in [1.29, 1.82) is 0 Å². The van der Waals surface area contributed by atoms with Crippen LogP contribution in [0.15, 0.2) is 18.2 Å². The van der Waals surface area contributed by atoms with E-state index in [9.17, 15) is 9.59 Å². The number of likely N-dealkylation sites (tertiary alicyclic amines) is 2. The van der Waals surface area contributed by atoms with Crippen molar-refractivity contribution in [3.8, 4) is 5.75 Å². The molecule has 0 aromatic heterocycles. The van der Waals surface area contributed by atoms with E-state index in [2.05, 4.69) is 10.2 Å².